The van der Waals surface area contributed by atoms with E-state index in [9.17, 15) is 0 Å². The maximum atomic E-state index is 5.40. The van der Waals surface area contributed by atoms with Gasteiger partial charge in [0, 0.05) is 0 Å². The van der Waals surface area contributed by atoms with Gasteiger partial charge in [0.25, 0.3) is 0 Å². The van der Waals surface area contributed by atoms with E-state index in [0.29, 0.717) is 12.1 Å². The Balaban J connectivity index is 1.68. The predicted molar refractivity (Wildman–Crippen MR) is 73.0 cm³/mol. The van der Waals surface area contributed by atoms with Crippen molar-refractivity contribution in [2.24, 2.45) is 7.92 Å². The number of ether oxygens (including phenoxy) is 1. The molecule has 3 rings (SSSR count). The van der Waals surface area contributed by atoms with Gasteiger partial charge in [-0.05, 0) is 0 Å². The summed E-state index contributed by atoms with van der Waals surface area (Å²) in [6.45, 7) is 0. The van der Waals surface area contributed by atoms with Crippen LogP contribution in [0.1, 0.15) is 25.7 Å². The number of nitrogens with zero attached hydrogens (tertiary/aromatic N) is 2. The van der Waals surface area contributed by atoms with Crippen LogP contribution in [0.3, 0.4) is 0 Å². The molecule has 5 heteroatoms. The summed E-state index contributed by atoms with van der Waals surface area (Å²) in [6, 6.07) is 6.76. The molecule has 0 saturated heterocycles. The van der Waals surface area contributed by atoms with E-state index in [-0.39, 0.29) is 14.6 Å². The van der Waals surface area contributed by atoms with E-state index >= 15 is 0 Å². The molecule has 1 heterocycles. The van der Waals surface area contributed by atoms with Crippen molar-refractivity contribution in [1.82, 2.24) is 0 Å². The van der Waals surface area contributed by atoms with Crippen molar-refractivity contribution in [3.63, 3.8) is 0 Å². The molecular formula is C13H17N3OSe. The normalized spacial score (nSPS) is 25.6. The van der Waals surface area contributed by atoms with Crippen LogP contribution in [0.4, 0.5) is 17.1 Å². The number of rotatable bonds is 3. The van der Waals surface area contributed by atoms with Gasteiger partial charge in [0.2, 0.25) is 0 Å². The number of benzene rings is 1. The quantitative estimate of drug-likeness (QED) is 0.883. The topological polar surface area (TPSA) is 46.0 Å². The molecule has 4 nitrogen and oxygen atoms in total. The van der Waals surface area contributed by atoms with E-state index in [1.165, 1.54) is 12.8 Å². The first-order valence-corrected chi connectivity index (χ1v) is 7.90. The van der Waals surface area contributed by atoms with Crippen LogP contribution in [0.25, 0.3) is 0 Å². The third-order valence-corrected chi connectivity index (χ3v) is 4.79. The van der Waals surface area contributed by atoms with Gasteiger partial charge in [0.05, 0.1) is 0 Å². The van der Waals surface area contributed by atoms with Crippen LogP contribution in [0.5, 0.6) is 0 Å². The number of methoxy groups -OCH3 is 1. The Bertz CT molecular complexity index is 503. The molecule has 2 aliphatic rings. The molecule has 0 atom stereocenters. The van der Waals surface area contributed by atoms with E-state index in [2.05, 4.69) is 25.4 Å². The van der Waals surface area contributed by atoms with Crippen molar-refractivity contribution in [2.75, 3.05) is 12.4 Å². The number of anilines is 1. The van der Waals surface area contributed by atoms with Gasteiger partial charge in [-0.25, -0.2) is 0 Å². The Kier molecular flexibility index (Phi) is 3.64. The molecule has 0 spiro atoms. The number of fused-ring (bicyclic) bond motifs is 1. The Morgan fingerprint density at radius 3 is 2.83 bits per heavy atom. The molecule has 0 radical (unpaired) electrons. The third-order valence-electron chi connectivity index (χ3n) is 3.65. The van der Waals surface area contributed by atoms with Crippen molar-refractivity contribution in [2.45, 2.75) is 37.8 Å². The van der Waals surface area contributed by atoms with Gasteiger partial charge in [-0.1, -0.05) is 0 Å². The fourth-order valence-electron chi connectivity index (χ4n) is 2.59. The van der Waals surface area contributed by atoms with Gasteiger partial charge in [-0.15, -0.1) is 0 Å². The van der Waals surface area contributed by atoms with Crippen LogP contribution >= 0.6 is 0 Å². The van der Waals surface area contributed by atoms with Gasteiger partial charge in [-0.2, -0.15) is 0 Å². The Hall–Kier alpha value is -0.901. The second-order valence-corrected chi connectivity index (χ2v) is 5.90. The van der Waals surface area contributed by atoms with Gasteiger partial charge >= 0.3 is 113 Å². The SMILES string of the molecule is COC1CCC(Nc2cccc3c2N=[Se]=N3)CC1. The zero-order valence-corrected chi connectivity index (χ0v) is 12.1. The minimum atomic E-state index is 0.0494. The molecule has 0 bridgehead atoms. The summed E-state index contributed by atoms with van der Waals surface area (Å²) in [7, 11) is 1.81. The number of hydrogen-bond acceptors (Lipinski definition) is 4. The molecule has 1 aliphatic heterocycles. The van der Waals surface area contributed by atoms with E-state index < -0.39 is 0 Å². The van der Waals surface area contributed by atoms with Gasteiger partial charge in [-0.3, -0.25) is 0 Å². The molecule has 1 saturated carbocycles. The molecule has 0 aromatic heterocycles. The van der Waals surface area contributed by atoms with Crippen molar-refractivity contribution in [3.8, 4) is 0 Å². The van der Waals surface area contributed by atoms with Crippen LogP contribution in [-0.2, 0) is 4.74 Å². The van der Waals surface area contributed by atoms with Crippen LogP contribution in [-0.4, -0.2) is 33.8 Å². The molecule has 0 amide bonds. The summed E-state index contributed by atoms with van der Waals surface area (Å²) < 4.78 is 14.3. The summed E-state index contributed by atoms with van der Waals surface area (Å²) in [4.78, 5) is 0. The molecule has 0 unspecified atom stereocenters. The number of nitrogens with one attached hydrogen (secondary N) is 1. The first kappa shape index (κ1) is 12.1. The minimum absolute atomic E-state index is 0.0494. The van der Waals surface area contributed by atoms with E-state index in [1.54, 1.807) is 0 Å². The molecule has 1 fully saturated rings. The monoisotopic (exact) mass is 311 g/mol. The second-order valence-electron chi connectivity index (χ2n) is 4.79. The van der Waals surface area contributed by atoms with Crippen LogP contribution in [0.2, 0.25) is 0 Å². The Morgan fingerprint density at radius 1 is 1.22 bits per heavy atom. The fraction of sp³-hybridized carbons (Fsp3) is 0.538. The number of hydrogen-bond donors (Lipinski definition) is 1. The average Bonchev–Trinajstić information content (AvgIpc) is 2.89. The standard InChI is InChI=1S/C13H17N3OSe/c1-17-10-7-5-9(6-8-10)14-11-3-2-4-12-13(11)16-18-15-12/h2-4,9-10,14H,5-8H2,1H3. The first-order chi connectivity index (χ1) is 8.86. The first-order valence-electron chi connectivity index (χ1n) is 6.37. The van der Waals surface area contributed by atoms with E-state index in [4.69, 9.17) is 4.74 Å². The van der Waals surface area contributed by atoms with Crippen molar-refractivity contribution < 1.29 is 4.74 Å². The summed E-state index contributed by atoms with van der Waals surface area (Å²) in [5, 5.41) is 3.63. The van der Waals surface area contributed by atoms with Crippen molar-refractivity contribution in [1.29, 1.82) is 0 Å². The van der Waals surface area contributed by atoms with Gasteiger partial charge in [0.1, 0.15) is 0 Å². The molecule has 1 N–H and O–H groups in total. The summed E-state index contributed by atoms with van der Waals surface area (Å²) in [5.74, 6) is 0. The summed E-state index contributed by atoms with van der Waals surface area (Å²) >= 11 is 0.0494. The Morgan fingerprint density at radius 2 is 2.06 bits per heavy atom. The van der Waals surface area contributed by atoms with Gasteiger partial charge in [0.15, 0.2) is 0 Å². The van der Waals surface area contributed by atoms with Crippen LogP contribution in [0, 0.1) is 0 Å². The maximum absolute atomic E-state index is 5.40. The van der Waals surface area contributed by atoms with Gasteiger partial charge < -0.3 is 0 Å². The molecule has 1 aromatic rings. The zero-order valence-electron chi connectivity index (χ0n) is 10.4. The zero-order chi connectivity index (χ0) is 12.4. The third kappa shape index (κ3) is 2.44. The van der Waals surface area contributed by atoms with Crippen LogP contribution in [0.15, 0.2) is 26.1 Å². The molecule has 96 valence electrons. The molecular weight excluding hydrogens is 293 g/mol. The van der Waals surface area contributed by atoms with Crippen molar-refractivity contribution in [3.05, 3.63) is 18.2 Å². The summed E-state index contributed by atoms with van der Waals surface area (Å²) in [5.41, 5.74) is 3.26. The van der Waals surface area contributed by atoms with E-state index in [0.717, 1.165) is 29.9 Å². The molecule has 1 aliphatic carbocycles. The predicted octanol–water partition coefficient (Wildman–Crippen LogP) is 3.40. The second kappa shape index (κ2) is 5.39. The molecule has 18 heavy (non-hydrogen) atoms. The summed E-state index contributed by atoms with van der Waals surface area (Å²) in [6.07, 6.45) is 5.09. The fourth-order valence-corrected chi connectivity index (χ4v) is 3.74. The average molecular weight is 310 g/mol. The van der Waals surface area contributed by atoms with Crippen LogP contribution < -0.4 is 5.32 Å². The van der Waals surface area contributed by atoms with Crippen molar-refractivity contribution >= 4 is 31.6 Å². The van der Waals surface area contributed by atoms with E-state index in [1.807, 2.05) is 13.2 Å². The Labute approximate surface area is 113 Å². The molecule has 1 aromatic carbocycles.